The number of alkyl halides is 1. The number of carbonyl (C=O) groups excluding carboxylic acids is 2. The van der Waals surface area contributed by atoms with Crippen molar-refractivity contribution in [3.8, 4) is 0 Å². The lowest BCUT2D eigenvalue weighted by Crippen LogP contribution is -2.01. The molecule has 170 valence electrons. The third kappa shape index (κ3) is 49.9. The highest BCUT2D eigenvalue weighted by Gasteiger charge is 1.99. The van der Waals surface area contributed by atoms with Gasteiger partial charge in [0.2, 0.25) is 5.24 Å². The minimum atomic E-state index is -0.682. The van der Waals surface area contributed by atoms with Crippen LogP contribution in [0, 0.1) is 0 Å². The van der Waals surface area contributed by atoms with Crippen molar-refractivity contribution in [1.82, 2.24) is 0 Å². The molecule has 2 N–H and O–H groups in total. The lowest BCUT2D eigenvalue weighted by molar-refractivity contribution is -0.141. The fourth-order valence-electron chi connectivity index (χ4n) is 1.69. The molecule has 28 heavy (non-hydrogen) atoms. The van der Waals surface area contributed by atoms with Gasteiger partial charge in [0, 0.05) is 26.4 Å². The molecule has 8 heteroatoms. The topological polar surface area (TPSA) is 101 Å². The maximum atomic E-state index is 10.6. The van der Waals surface area contributed by atoms with Crippen molar-refractivity contribution >= 4 is 40.4 Å². The Labute approximate surface area is 180 Å². The van der Waals surface area contributed by atoms with Crippen LogP contribution in [0.2, 0.25) is 0 Å². The van der Waals surface area contributed by atoms with Gasteiger partial charge in [-0.15, -0.1) is 0 Å². The van der Waals surface area contributed by atoms with Crippen molar-refractivity contribution < 1.29 is 29.3 Å². The quantitative estimate of drug-likeness (QED) is 0.158. The number of unbranched alkanes of at least 4 members (excludes halogenated alkanes) is 6. The van der Waals surface area contributed by atoms with E-state index in [-0.39, 0.29) is 17.3 Å². The van der Waals surface area contributed by atoms with Gasteiger partial charge in [-0.1, -0.05) is 70.9 Å². The van der Waals surface area contributed by atoms with Gasteiger partial charge in [0.05, 0.1) is 0 Å². The summed E-state index contributed by atoms with van der Waals surface area (Å²) < 4.78 is 4.51. The van der Waals surface area contributed by atoms with Gasteiger partial charge in [-0.05, 0) is 30.9 Å². The number of hydrogen-bond donors (Lipinski definition) is 2. The predicted molar refractivity (Wildman–Crippen MR) is 116 cm³/mol. The molecule has 0 radical (unpaired) electrons. The minimum absolute atomic E-state index is 0.0229. The molecule has 0 aliphatic heterocycles. The Kier molecular flexibility index (Phi) is 41.7. The molecule has 0 aliphatic carbocycles. The van der Waals surface area contributed by atoms with Crippen LogP contribution in [0.1, 0.15) is 97.8 Å². The molecule has 0 aromatic rings. The van der Waals surface area contributed by atoms with Crippen molar-refractivity contribution in [2.45, 2.75) is 97.8 Å². The molecule has 0 spiro atoms. The van der Waals surface area contributed by atoms with Crippen LogP contribution >= 0.6 is 23.2 Å². The molecule has 0 bridgehead atoms. The number of hydrogen-bond acceptors (Lipinski definition) is 5. The third-order valence-electron chi connectivity index (χ3n) is 3.17. The first-order chi connectivity index (χ1) is 13.3. The maximum Gasteiger partial charge on any atom is 0.306 e. The van der Waals surface area contributed by atoms with E-state index in [0.717, 1.165) is 64.9 Å². The molecular weight excluding hydrogens is 407 g/mol. The maximum absolute atomic E-state index is 10.6. The van der Waals surface area contributed by atoms with Gasteiger partial charge in [0.15, 0.2) is 6.07 Å². The number of aliphatic carboxylic acids is 1. The summed E-state index contributed by atoms with van der Waals surface area (Å²) in [6.45, 7) is 6.24. The molecule has 0 heterocycles. The van der Waals surface area contributed by atoms with Crippen LogP contribution in [0.25, 0.3) is 0 Å². The standard InChI is InChI=1S/C7H13ClO2.C6H11ClO.C6H12O2.CH4O/c1-2-3-4-5-7(9)10-6-8;2*1-2-3-4-5-6(7)8;1-2/h2-6H2,1H3;2-5H2,1H3;2-5H2,1H3,(H,7,8);2H,1H3. The van der Waals surface area contributed by atoms with Crippen molar-refractivity contribution in [3.05, 3.63) is 0 Å². The lowest BCUT2D eigenvalue weighted by Gasteiger charge is -1.98. The SMILES string of the molecule is CCCCCC(=O)Cl.CCCCCC(=O)O.CCCCCC(=O)OCCl.CO. The molecule has 0 unspecified atom stereocenters. The minimum Gasteiger partial charge on any atom is -0.481 e. The predicted octanol–water partition coefficient (Wildman–Crippen LogP) is 5.90. The number of halogens is 2. The van der Waals surface area contributed by atoms with E-state index in [0.29, 0.717) is 19.3 Å². The normalized spacial score (nSPS) is 8.82. The van der Waals surface area contributed by atoms with Gasteiger partial charge in [0.1, 0.15) is 0 Å². The second kappa shape index (κ2) is 33.7. The van der Waals surface area contributed by atoms with E-state index in [9.17, 15) is 14.4 Å². The Morgan fingerprint density at radius 1 is 0.750 bits per heavy atom. The summed E-state index contributed by atoms with van der Waals surface area (Å²) in [5, 5.41) is 14.9. The number of rotatable bonds is 13. The van der Waals surface area contributed by atoms with E-state index in [4.69, 9.17) is 33.4 Å². The number of aliphatic hydroxyl groups is 1. The average molecular weight is 447 g/mol. The largest absolute Gasteiger partial charge is 0.481 e. The van der Waals surface area contributed by atoms with Crippen LogP contribution in [0.5, 0.6) is 0 Å². The first kappa shape index (κ1) is 34.6. The van der Waals surface area contributed by atoms with Gasteiger partial charge in [-0.25, -0.2) is 0 Å². The zero-order valence-electron chi connectivity index (χ0n) is 18.0. The molecule has 0 amide bonds. The van der Waals surface area contributed by atoms with E-state index in [1.165, 1.54) is 0 Å². The Balaban J connectivity index is -0.000000149. The van der Waals surface area contributed by atoms with Crippen molar-refractivity contribution in [3.63, 3.8) is 0 Å². The smallest absolute Gasteiger partial charge is 0.306 e. The van der Waals surface area contributed by atoms with Gasteiger partial charge in [-0.3, -0.25) is 14.4 Å². The molecule has 6 nitrogen and oxygen atoms in total. The summed E-state index contributed by atoms with van der Waals surface area (Å²) in [7, 11) is 1.00. The Morgan fingerprint density at radius 3 is 1.46 bits per heavy atom. The van der Waals surface area contributed by atoms with Crippen LogP contribution in [0.3, 0.4) is 0 Å². The van der Waals surface area contributed by atoms with E-state index in [2.05, 4.69) is 25.5 Å². The Hall–Kier alpha value is -0.850. The highest BCUT2D eigenvalue weighted by atomic mass is 35.5. The lowest BCUT2D eigenvalue weighted by atomic mass is 10.2. The number of ether oxygens (including phenoxy) is 1. The molecule has 0 saturated carbocycles. The van der Waals surface area contributed by atoms with Crippen molar-refractivity contribution in [2.75, 3.05) is 13.2 Å². The third-order valence-corrected chi connectivity index (χ3v) is 3.47. The number of aliphatic hydroxyl groups excluding tert-OH is 1. The summed E-state index contributed by atoms with van der Waals surface area (Å²) in [5.41, 5.74) is 0. The number of carboxylic acids is 1. The molecule has 0 saturated heterocycles. The Bertz CT molecular complexity index is 319. The second-order valence-corrected chi connectivity index (χ2v) is 6.39. The highest BCUT2D eigenvalue weighted by Crippen LogP contribution is 2.01. The van der Waals surface area contributed by atoms with Crippen molar-refractivity contribution in [2.24, 2.45) is 0 Å². The van der Waals surface area contributed by atoms with Gasteiger partial charge < -0.3 is 14.9 Å². The molecule has 0 aliphatic rings. The second-order valence-electron chi connectivity index (χ2n) is 5.75. The molecule has 0 aromatic heterocycles. The molecule has 0 aromatic carbocycles. The highest BCUT2D eigenvalue weighted by molar-refractivity contribution is 6.63. The first-order valence-electron chi connectivity index (χ1n) is 9.91. The number of carbonyl (C=O) groups is 3. The van der Waals surface area contributed by atoms with Gasteiger partial charge in [-0.2, -0.15) is 0 Å². The number of esters is 1. The molecule has 0 rings (SSSR count). The summed E-state index contributed by atoms with van der Waals surface area (Å²) in [4.78, 5) is 30.6. The summed E-state index contributed by atoms with van der Waals surface area (Å²) in [6.07, 6.45) is 10.6. The van der Waals surface area contributed by atoms with Crippen LogP contribution in [0.15, 0.2) is 0 Å². The number of carboxylic acid groups (broad SMARTS) is 1. The van der Waals surface area contributed by atoms with Crippen LogP contribution in [-0.4, -0.2) is 40.6 Å². The van der Waals surface area contributed by atoms with E-state index in [1.54, 1.807) is 0 Å². The summed E-state index contributed by atoms with van der Waals surface area (Å²) in [5.74, 6) is -0.873. The van der Waals surface area contributed by atoms with Gasteiger partial charge in [0.25, 0.3) is 0 Å². The van der Waals surface area contributed by atoms with E-state index < -0.39 is 5.97 Å². The zero-order chi connectivity index (χ0) is 22.6. The van der Waals surface area contributed by atoms with E-state index >= 15 is 0 Å². The zero-order valence-corrected chi connectivity index (χ0v) is 19.5. The summed E-state index contributed by atoms with van der Waals surface area (Å²) >= 11 is 10.2. The molecule has 0 atom stereocenters. The molecular formula is C20H40Cl2O6. The average Bonchev–Trinajstić information content (AvgIpc) is 2.65. The fraction of sp³-hybridized carbons (Fsp3) is 0.850. The van der Waals surface area contributed by atoms with Crippen LogP contribution in [-0.2, 0) is 19.1 Å². The van der Waals surface area contributed by atoms with E-state index in [1.807, 2.05) is 0 Å². The first-order valence-corrected chi connectivity index (χ1v) is 10.8. The molecule has 0 fully saturated rings. The fourth-order valence-corrected chi connectivity index (χ4v) is 1.95. The Morgan fingerprint density at radius 2 is 1.14 bits per heavy atom. The van der Waals surface area contributed by atoms with Crippen LogP contribution in [0.4, 0.5) is 0 Å². The summed E-state index contributed by atoms with van der Waals surface area (Å²) in [6, 6.07) is -0.0229. The van der Waals surface area contributed by atoms with Gasteiger partial charge >= 0.3 is 11.9 Å². The monoisotopic (exact) mass is 446 g/mol. The van der Waals surface area contributed by atoms with Crippen molar-refractivity contribution in [1.29, 1.82) is 0 Å². The van der Waals surface area contributed by atoms with Crippen LogP contribution < -0.4 is 0 Å².